The summed E-state index contributed by atoms with van der Waals surface area (Å²) in [7, 11) is 0. The summed E-state index contributed by atoms with van der Waals surface area (Å²) in [5, 5.41) is 16.0. The third-order valence-corrected chi connectivity index (χ3v) is 8.89. The van der Waals surface area contributed by atoms with Crippen molar-refractivity contribution in [3.63, 3.8) is 0 Å². The fourth-order valence-corrected chi connectivity index (χ4v) is 7.42. The van der Waals surface area contributed by atoms with E-state index < -0.39 is 5.60 Å². The molecular formula is C27H31NO3. The molecule has 2 aliphatic heterocycles. The lowest BCUT2D eigenvalue weighted by atomic mass is 9.48. The molecule has 4 nitrogen and oxygen atoms in total. The molecule has 1 spiro atoms. The summed E-state index contributed by atoms with van der Waals surface area (Å²) >= 11 is 0. The van der Waals surface area contributed by atoms with Gasteiger partial charge in [0, 0.05) is 11.6 Å². The second-order valence-corrected chi connectivity index (χ2v) is 10.6. The Bertz CT molecular complexity index is 1020. The lowest BCUT2D eigenvalue weighted by Gasteiger charge is -2.61. The van der Waals surface area contributed by atoms with Crippen LogP contribution in [0.5, 0.6) is 11.5 Å². The zero-order valence-corrected chi connectivity index (χ0v) is 18.0. The summed E-state index contributed by atoms with van der Waals surface area (Å²) in [6.07, 6.45) is 7.87. The number of nitrogens with one attached hydrogen (secondary N) is 1. The van der Waals surface area contributed by atoms with E-state index in [9.17, 15) is 5.11 Å². The minimum atomic E-state index is -0.718. The lowest BCUT2D eigenvalue weighted by Crippen LogP contribution is -2.75. The van der Waals surface area contributed by atoms with Crippen molar-refractivity contribution in [1.82, 2.24) is 5.32 Å². The van der Waals surface area contributed by atoms with E-state index in [1.165, 1.54) is 30.4 Å². The topological polar surface area (TPSA) is 50.7 Å². The van der Waals surface area contributed by atoms with Crippen molar-refractivity contribution in [2.45, 2.75) is 74.7 Å². The SMILES string of the molecule is OC12CC(CC3CC3)C[C@@H]3Oc4c(OCc5ccccc5)ccc5c4[C@@]31CCN[C@@H]2C5. The average Bonchev–Trinajstić information content (AvgIpc) is 3.51. The van der Waals surface area contributed by atoms with Gasteiger partial charge in [0.05, 0.1) is 11.0 Å². The molecule has 7 rings (SSSR count). The van der Waals surface area contributed by atoms with Gasteiger partial charge in [0.25, 0.3) is 0 Å². The molecule has 3 aliphatic carbocycles. The average molecular weight is 418 g/mol. The molecule has 2 bridgehead atoms. The zero-order valence-electron chi connectivity index (χ0n) is 18.0. The molecule has 2 aromatic rings. The van der Waals surface area contributed by atoms with Gasteiger partial charge in [0.15, 0.2) is 11.5 Å². The largest absolute Gasteiger partial charge is 0.485 e. The molecule has 5 atom stereocenters. The molecule has 0 amide bonds. The molecule has 162 valence electrons. The van der Waals surface area contributed by atoms with Gasteiger partial charge in [-0.1, -0.05) is 49.2 Å². The van der Waals surface area contributed by atoms with Gasteiger partial charge in [-0.15, -0.1) is 0 Å². The second-order valence-electron chi connectivity index (χ2n) is 10.6. The van der Waals surface area contributed by atoms with E-state index in [0.29, 0.717) is 12.5 Å². The van der Waals surface area contributed by atoms with Crippen LogP contribution in [0.25, 0.3) is 0 Å². The molecule has 2 N–H and O–H groups in total. The summed E-state index contributed by atoms with van der Waals surface area (Å²) in [6, 6.07) is 14.7. The van der Waals surface area contributed by atoms with Crippen LogP contribution < -0.4 is 14.8 Å². The first-order valence-corrected chi connectivity index (χ1v) is 12.1. The van der Waals surface area contributed by atoms with Crippen molar-refractivity contribution >= 4 is 0 Å². The predicted octanol–water partition coefficient (Wildman–Crippen LogP) is 4.12. The first kappa shape index (κ1) is 18.5. The van der Waals surface area contributed by atoms with Crippen LogP contribution >= 0.6 is 0 Å². The van der Waals surface area contributed by atoms with Gasteiger partial charge in [0.2, 0.25) is 0 Å². The summed E-state index contributed by atoms with van der Waals surface area (Å²) in [5.74, 6) is 3.19. The molecule has 2 unspecified atom stereocenters. The lowest BCUT2D eigenvalue weighted by molar-refractivity contribution is -0.164. The Labute approximate surface area is 184 Å². The number of rotatable bonds is 5. The van der Waals surface area contributed by atoms with E-state index in [-0.39, 0.29) is 17.6 Å². The van der Waals surface area contributed by atoms with E-state index in [1.807, 2.05) is 18.2 Å². The van der Waals surface area contributed by atoms with Gasteiger partial charge in [-0.05, 0) is 67.7 Å². The Balaban J connectivity index is 1.29. The molecule has 1 saturated heterocycles. The molecule has 0 radical (unpaired) electrons. The Hall–Kier alpha value is -2.04. The van der Waals surface area contributed by atoms with Gasteiger partial charge in [-0.2, -0.15) is 0 Å². The number of hydrogen-bond acceptors (Lipinski definition) is 4. The Morgan fingerprint density at radius 3 is 2.81 bits per heavy atom. The first-order valence-electron chi connectivity index (χ1n) is 12.1. The van der Waals surface area contributed by atoms with Gasteiger partial charge in [0.1, 0.15) is 12.7 Å². The molecule has 2 aromatic carbocycles. The smallest absolute Gasteiger partial charge is 0.165 e. The normalized spacial score (nSPS) is 37.1. The Kier molecular flexibility index (Phi) is 3.88. The summed E-state index contributed by atoms with van der Waals surface area (Å²) in [5.41, 5.74) is 2.77. The highest BCUT2D eigenvalue weighted by Gasteiger charge is 2.71. The molecule has 2 heterocycles. The van der Waals surface area contributed by atoms with Crippen molar-refractivity contribution in [3.05, 3.63) is 59.2 Å². The van der Waals surface area contributed by atoms with Crippen LogP contribution in [0.1, 0.15) is 55.2 Å². The van der Waals surface area contributed by atoms with Crippen LogP contribution in [0.2, 0.25) is 0 Å². The van der Waals surface area contributed by atoms with E-state index >= 15 is 0 Å². The van der Waals surface area contributed by atoms with Gasteiger partial charge >= 0.3 is 0 Å². The van der Waals surface area contributed by atoms with Gasteiger partial charge < -0.3 is 19.9 Å². The molecule has 2 saturated carbocycles. The van der Waals surface area contributed by atoms with Crippen molar-refractivity contribution in [3.8, 4) is 11.5 Å². The number of ether oxygens (including phenoxy) is 2. The summed E-state index contributed by atoms with van der Waals surface area (Å²) in [6.45, 7) is 1.49. The monoisotopic (exact) mass is 417 g/mol. The van der Waals surface area contributed by atoms with E-state index in [0.717, 1.165) is 55.2 Å². The van der Waals surface area contributed by atoms with Crippen molar-refractivity contribution < 1.29 is 14.6 Å². The van der Waals surface area contributed by atoms with Crippen molar-refractivity contribution in [2.75, 3.05) is 6.54 Å². The minimum absolute atomic E-state index is 0.0649. The van der Waals surface area contributed by atoms with Crippen LogP contribution in [0, 0.1) is 11.8 Å². The second kappa shape index (κ2) is 6.49. The van der Waals surface area contributed by atoms with Crippen LogP contribution in [0.15, 0.2) is 42.5 Å². The quantitative estimate of drug-likeness (QED) is 0.768. The van der Waals surface area contributed by atoms with Crippen LogP contribution in [0.4, 0.5) is 0 Å². The standard InChI is InChI=1S/C27H31NO3/c29-27-15-19(12-17-6-7-17)13-23-26(27)10-11-28-22(27)14-20-8-9-21(25(31-23)24(20)26)30-16-18-4-2-1-3-5-18/h1-5,8-9,17,19,22-23,28-29H,6-7,10-16H2/t19?,22-,23+,26-,27?/m1/s1. The van der Waals surface area contributed by atoms with E-state index in [2.05, 4.69) is 29.6 Å². The molecule has 31 heavy (non-hydrogen) atoms. The van der Waals surface area contributed by atoms with E-state index in [4.69, 9.17) is 9.47 Å². The molecule has 4 heteroatoms. The molecule has 3 fully saturated rings. The Morgan fingerprint density at radius 1 is 1.10 bits per heavy atom. The van der Waals surface area contributed by atoms with Crippen LogP contribution in [0.3, 0.4) is 0 Å². The molecule has 0 aromatic heterocycles. The summed E-state index contributed by atoms with van der Waals surface area (Å²) in [4.78, 5) is 0. The first-order chi connectivity index (χ1) is 15.2. The maximum absolute atomic E-state index is 12.3. The Morgan fingerprint density at radius 2 is 1.97 bits per heavy atom. The maximum Gasteiger partial charge on any atom is 0.165 e. The van der Waals surface area contributed by atoms with Gasteiger partial charge in [-0.25, -0.2) is 0 Å². The number of hydrogen-bond donors (Lipinski definition) is 2. The van der Waals surface area contributed by atoms with E-state index in [1.54, 1.807) is 0 Å². The minimum Gasteiger partial charge on any atom is -0.485 e. The summed E-state index contributed by atoms with van der Waals surface area (Å²) < 4.78 is 13.1. The zero-order chi connectivity index (χ0) is 20.6. The van der Waals surface area contributed by atoms with Crippen molar-refractivity contribution in [1.29, 1.82) is 0 Å². The highest BCUT2D eigenvalue weighted by Crippen LogP contribution is 2.65. The third kappa shape index (κ3) is 2.55. The fraction of sp³-hybridized carbons (Fsp3) is 0.556. The number of aliphatic hydroxyl groups is 1. The third-order valence-electron chi connectivity index (χ3n) is 8.89. The highest BCUT2D eigenvalue weighted by molar-refractivity contribution is 5.62. The maximum atomic E-state index is 12.3. The van der Waals surface area contributed by atoms with Crippen LogP contribution in [-0.4, -0.2) is 29.4 Å². The highest BCUT2D eigenvalue weighted by atomic mass is 16.5. The molecular weight excluding hydrogens is 386 g/mol. The predicted molar refractivity (Wildman–Crippen MR) is 118 cm³/mol. The number of benzene rings is 2. The molecule has 5 aliphatic rings. The van der Waals surface area contributed by atoms with Gasteiger partial charge in [-0.3, -0.25) is 0 Å². The fourth-order valence-electron chi connectivity index (χ4n) is 7.42. The van der Waals surface area contributed by atoms with Crippen molar-refractivity contribution in [2.24, 2.45) is 11.8 Å². The van der Waals surface area contributed by atoms with Crippen LogP contribution in [-0.2, 0) is 18.4 Å². The number of piperidine rings is 1.